The first kappa shape index (κ1) is 64.5. The quantitative estimate of drug-likeness (QED) is 0.236. The van der Waals surface area contributed by atoms with E-state index >= 15 is 0 Å². The first-order chi connectivity index (χ1) is 40.9. The third-order valence-electron chi connectivity index (χ3n) is 31.9. The topological polar surface area (TPSA) is 91.7 Å². The fourth-order valence-corrected chi connectivity index (χ4v) is 26.3. The van der Waals surface area contributed by atoms with Gasteiger partial charge in [-0.15, -0.1) is 0 Å². The van der Waals surface area contributed by atoms with Crippen LogP contribution in [0.2, 0.25) is 0 Å². The molecule has 23 atom stereocenters. The zero-order chi connectivity index (χ0) is 60.7. The Morgan fingerprint density at radius 2 is 0.713 bits per heavy atom. The van der Waals surface area contributed by atoms with Crippen molar-refractivity contribution >= 4 is 17.3 Å². The van der Waals surface area contributed by atoms with Crippen LogP contribution in [0.3, 0.4) is 0 Å². The molecule has 482 valence electrons. The van der Waals surface area contributed by atoms with E-state index in [1.807, 2.05) is 5.57 Å². The molecule has 0 spiro atoms. The van der Waals surface area contributed by atoms with Crippen molar-refractivity contribution < 1.29 is 24.6 Å². The van der Waals surface area contributed by atoms with Crippen LogP contribution in [0.25, 0.3) is 0 Å². The molecule has 8 unspecified atom stereocenters. The maximum atomic E-state index is 12.3. The molecule has 16 aliphatic carbocycles. The van der Waals surface area contributed by atoms with Gasteiger partial charge >= 0.3 is 0 Å². The van der Waals surface area contributed by atoms with Crippen LogP contribution in [0.4, 0.5) is 0 Å². The molecule has 0 aromatic carbocycles. The molecule has 2 N–H and O–H groups in total. The first-order valence-corrected chi connectivity index (χ1v) is 37.0. The Morgan fingerprint density at radius 1 is 0.379 bits per heavy atom. The van der Waals surface area contributed by atoms with Crippen LogP contribution in [0.1, 0.15) is 289 Å². The molecular weight excluding hydrogens is 1060 g/mol. The first-order valence-electron chi connectivity index (χ1n) is 37.0. The number of ketones is 3. The van der Waals surface area contributed by atoms with Gasteiger partial charge in [0.05, 0.1) is 12.2 Å². The number of allylic oxidation sites excluding steroid dienone is 12. The molecule has 0 saturated heterocycles. The van der Waals surface area contributed by atoms with E-state index in [1.165, 1.54) is 116 Å². The van der Waals surface area contributed by atoms with Crippen molar-refractivity contribution in [1.29, 1.82) is 0 Å². The van der Waals surface area contributed by atoms with E-state index in [2.05, 4.69) is 113 Å². The number of fused-ring (bicyclic) bond motifs is 20. The second kappa shape index (κ2) is 23.4. The molecule has 0 bridgehead atoms. The standard InChI is InChI=1S/C22H34.C21H32O.C19H28O2.C19H26O2.CH4/c1-5-16-7-9-19-18-8-6-17-14-15(2)10-12-22(17,4)20(18)11-13-21(16,19)3;1-4-14-6-8-18-17-7-5-15-13-16(22)9-11-21(15,3)19(17)10-12-20(14,18)2;2*1-18-9-7-13(20)11-12(18)3-4-14-15-5-6-17(21)19(15,2)10-8-16(14)18;/h5,11,15,17-19H,6-10,12-14H2,1-4H3;4,10,15-18,22H,5-9,11-13H2,1-3H3;8,12-15,20H,3-7,9-11H2,1-2H3;8,12,14-15H,3-7,9-11H2,1-2H3;1H4/b16-5-;14-4-;;;/t15-,17-,18?,19?,21-,22+;15-,16-,17?,18?,20-,21+;12-,13-,14?,15?,18+,19+;12-,14?,15?,18+,19+;/m1111./s1. The molecule has 0 amide bonds. The molecule has 12 saturated carbocycles. The summed E-state index contributed by atoms with van der Waals surface area (Å²) in [7, 11) is 0. The van der Waals surface area contributed by atoms with E-state index < -0.39 is 0 Å². The van der Waals surface area contributed by atoms with Gasteiger partial charge in [-0.2, -0.15) is 0 Å². The summed E-state index contributed by atoms with van der Waals surface area (Å²) in [5, 5.41) is 20.1. The van der Waals surface area contributed by atoms with Gasteiger partial charge in [0.2, 0.25) is 0 Å². The number of hydrogen-bond donors (Lipinski definition) is 2. The number of rotatable bonds is 0. The van der Waals surface area contributed by atoms with Gasteiger partial charge in [0.25, 0.3) is 0 Å². The van der Waals surface area contributed by atoms with Crippen molar-refractivity contribution in [2.24, 2.45) is 120 Å². The van der Waals surface area contributed by atoms with Gasteiger partial charge in [-0.3, -0.25) is 14.4 Å². The minimum Gasteiger partial charge on any atom is -0.393 e. The van der Waals surface area contributed by atoms with Gasteiger partial charge in [-0.25, -0.2) is 0 Å². The lowest BCUT2D eigenvalue weighted by atomic mass is 9.48. The van der Waals surface area contributed by atoms with E-state index in [-0.39, 0.29) is 35.9 Å². The highest BCUT2D eigenvalue weighted by Crippen LogP contribution is 2.69. The van der Waals surface area contributed by atoms with Gasteiger partial charge < -0.3 is 10.2 Å². The lowest BCUT2D eigenvalue weighted by Crippen LogP contribution is -2.48. The Bertz CT molecular complexity index is 2780. The lowest BCUT2D eigenvalue weighted by molar-refractivity contribution is -0.128. The summed E-state index contributed by atoms with van der Waals surface area (Å²) in [6, 6.07) is 0. The predicted octanol–water partition coefficient (Wildman–Crippen LogP) is 20.4. The third kappa shape index (κ3) is 10.1. The second-order valence-electron chi connectivity index (χ2n) is 35.4. The average molecular weight is 1190 g/mol. The van der Waals surface area contributed by atoms with Gasteiger partial charge in [-0.05, 0) is 303 Å². The fraction of sp³-hybridized carbons (Fsp3) is 0.817. The zero-order valence-corrected chi connectivity index (χ0v) is 56.4. The van der Waals surface area contributed by atoms with E-state index in [9.17, 15) is 24.6 Å². The molecule has 0 aromatic heterocycles. The van der Waals surface area contributed by atoms with E-state index in [4.69, 9.17) is 0 Å². The van der Waals surface area contributed by atoms with Gasteiger partial charge in [-0.1, -0.05) is 140 Å². The summed E-state index contributed by atoms with van der Waals surface area (Å²) in [5.41, 5.74) is 12.8. The number of aliphatic hydroxyl groups is 2. The number of carbonyl (C=O) groups is 3. The predicted molar refractivity (Wildman–Crippen MR) is 357 cm³/mol. The molecule has 12 fully saturated rings. The average Bonchev–Trinajstić information content (AvgIpc) is 1.80. The van der Waals surface area contributed by atoms with Crippen LogP contribution >= 0.6 is 0 Å². The summed E-state index contributed by atoms with van der Waals surface area (Å²) in [4.78, 5) is 36.5. The van der Waals surface area contributed by atoms with Gasteiger partial charge in [0.15, 0.2) is 0 Å². The second-order valence-corrected chi connectivity index (χ2v) is 35.4. The highest BCUT2D eigenvalue weighted by atomic mass is 16.3. The molecule has 5 nitrogen and oxygen atoms in total. The number of aliphatic hydroxyl groups excluding tert-OH is 2. The summed E-state index contributed by atoms with van der Waals surface area (Å²) < 4.78 is 0. The Hall–Kier alpha value is -2.63. The van der Waals surface area contributed by atoms with Crippen molar-refractivity contribution in [3.05, 3.63) is 69.9 Å². The Balaban J connectivity index is 0.000000113. The third-order valence-corrected chi connectivity index (χ3v) is 31.9. The minimum atomic E-state index is -0.0815. The van der Waals surface area contributed by atoms with Crippen LogP contribution in [-0.4, -0.2) is 39.8 Å². The van der Waals surface area contributed by atoms with Crippen molar-refractivity contribution in [2.45, 2.75) is 301 Å². The Morgan fingerprint density at radius 3 is 1.11 bits per heavy atom. The monoisotopic (exact) mass is 1190 g/mol. The molecule has 0 radical (unpaired) electrons. The van der Waals surface area contributed by atoms with Crippen LogP contribution < -0.4 is 0 Å². The smallest absolute Gasteiger partial charge is 0.139 e. The van der Waals surface area contributed by atoms with Gasteiger partial charge in [0.1, 0.15) is 17.3 Å². The number of Topliss-reactive ketones (excluding diaryl/α,β-unsaturated/α-hetero) is 3. The number of hydrogen-bond acceptors (Lipinski definition) is 5. The van der Waals surface area contributed by atoms with E-state index in [0.29, 0.717) is 79.9 Å². The maximum absolute atomic E-state index is 12.3. The Labute approximate surface area is 530 Å². The minimum absolute atomic E-state index is 0. The molecule has 0 aliphatic heterocycles. The van der Waals surface area contributed by atoms with Crippen molar-refractivity contribution in [3.63, 3.8) is 0 Å². The van der Waals surface area contributed by atoms with Crippen molar-refractivity contribution in [2.75, 3.05) is 0 Å². The molecule has 87 heavy (non-hydrogen) atoms. The highest BCUT2D eigenvalue weighted by molar-refractivity contribution is 5.88. The molecule has 16 aliphatic rings. The van der Waals surface area contributed by atoms with Crippen LogP contribution in [0.5, 0.6) is 0 Å². The van der Waals surface area contributed by atoms with Crippen molar-refractivity contribution in [3.8, 4) is 0 Å². The summed E-state index contributed by atoms with van der Waals surface area (Å²) in [6.45, 7) is 26.5. The Kier molecular flexibility index (Phi) is 17.4. The van der Waals surface area contributed by atoms with Crippen LogP contribution in [0, 0.1) is 120 Å². The lowest BCUT2D eigenvalue weighted by Gasteiger charge is -2.56. The molecule has 5 heteroatoms. The van der Waals surface area contributed by atoms with Gasteiger partial charge in [0, 0.05) is 36.5 Å². The summed E-state index contributed by atoms with van der Waals surface area (Å²) >= 11 is 0. The summed E-state index contributed by atoms with van der Waals surface area (Å²) in [5.74, 6) is 11.3. The molecular formula is C82H124O5. The van der Waals surface area contributed by atoms with Crippen LogP contribution in [0.15, 0.2) is 69.9 Å². The summed E-state index contributed by atoms with van der Waals surface area (Å²) in [6.07, 6.45) is 52.7. The largest absolute Gasteiger partial charge is 0.393 e. The van der Waals surface area contributed by atoms with Crippen molar-refractivity contribution in [1.82, 2.24) is 0 Å². The normalized spacial score (nSPS) is 51.3. The number of carbonyl (C=O) groups excluding carboxylic acids is 3. The van der Waals surface area contributed by atoms with Crippen LogP contribution in [-0.2, 0) is 14.4 Å². The molecule has 0 aromatic rings. The highest BCUT2D eigenvalue weighted by Gasteiger charge is 2.61. The van der Waals surface area contributed by atoms with E-state index in [0.717, 1.165) is 131 Å². The SMILES string of the molecule is C.C/C=C1/CCC2C3CC[C@@H]4C[C@H](C)CC[C@]4(C)C3=CC[C@]12C.C/C=C1/CCC2C3CC[C@@H]4C[C@H](O)CC[C@]4(C)C3=CC[C@]12C.C[C@]12CC=C3C(CC[C@@H]4CC(=O)CC[C@]34C)C1CCC2=O.C[C@]12CC=C3C(CC[C@@H]4C[C@H](O)CC[C@]34C)C1CCC2=O. The van der Waals surface area contributed by atoms with E-state index in [1.54, 1.807) is 27.9 Å². The maximum Gasteiger partial charge on any atom is 0.139 e. The molecule has 16 rings (SSSR count). The molecule has 0 heterocycles. The fourth-order valence-electron chi connectivity index (χ4n) is 26.3. The zero-order valence-electron chi connectivity index (χ0n) is 56.4.